The van der Waals surface area contributed by atoms with Crippen molar-refractivity contribution in [2.45, 2.75) is 25.6 Å². The Kier molecular flexibility index (Phi) is 6.38. The Balaban J connectivity index is 1.63. The lowest BCUT2D eigenvalue weighted by atomic mass is 9.78. The molecule has 35 heavy (non-hydrogen) atoms. The predicted molar refractivity (Wildman–Crippen MR) is 145 cm³/mol. The Morgan fingerprint density at radius 3 is 2.60 bits per heavy atom. The molecule has 1 saturated heterocycles. The number of halogens is 2. The van der Waals surface area contributed by atoms with Crippen LogP contribution >= 0.6 is 39.7 Å². The minimum atomic E-state index is -1.14. The Labute approximate surface area is 222 Å². The van der Waals surface area contributed by atoms with Gasteiger partial charge in [-0.05, 0) is 80.7 Å². The maximum atomic E-state index is 13.9. The van der Waals surface area contributed by atoms with E-state index in [2.05, 4.69) is 26.6 Å². The Morgan fingerprint density at radius 1 is 1.20 bits per heavy atom. The van der Waals surface area contributed by atoms with Gasteiger partial charge in [-0.25, -0.2) is 0 Å². The number of thiocarbonyl (C=S) groups is 1. The summed E-state index contributed by atoms with van der Waals surface area (Å²) in [6, 6.07) is 20.0. The van der Waals surface area contributed by atoms with Crippen molar-refractivity contribution in [1.82, 2.24) is 5.32 Å². The second kappa shape index (κ2) is 9.33. The lowest BCUT2D eigenvalue weighted by Gasteiger charge is -2.56. The third-order valence-electron chi connectivity index (χ3n) is 6.27. The molecule has 0 unspecified atom stereocenters. The molecule has 5 rings (SSSR count). The zero-order valence-electron chi connectivity index (χ0n) is 19.0. The van der Waals surface area contributed by atoms with Gasteiger partial charge in [-0.3, -0.25) is 9.69 Å². The maximum absolute atomic E-state index is 13.9. The summed E-state index contributed by atoms with van der Waals surface area (Å²) in [4.78, 5) is 15.7. The van der Waals surface area contributed by atoms with Gasteiger partial charge in [0.1, 0.15) is 5.92 Å². The Morgan fingerprint density at radius 2 is 1.91 bits per heavy atom. The number of hydrogen-bond donors (Lipinski definition) is 2. The zero-order chi connectivity index (χ0) is 24.7. The number of amides is 1. The lowest BCUT2D eigenvalue weighted by Crippen LogP contribution is -2.72. The van der Waals surface area contributed by atoms with Crippen molar-refractivity contribution < 1.29 is 14.3 Å². The number of nitrogens with one attached hydrogen (secondary N) is 2. The standard InChI is InChI=1S/C26H23BrClN3O3S/c1-3-33-20-6-4-5-19-22-21(24(32)29-17-11-9-16(28)10-12-17)26(2,34-23(19)20)31(25(35)30-22)18-13-7-15(27)8-14-18/h4-14,21-22H,3H2,1-2H3,(H,29,32)(H,30,35)/t21-,22-,26-/m0/s1. The number of fused-ring (bicyclic) bond motifs is 4. The molecular weight excluding hydrogens is 550 g/mol. The van der Waals surface area contributed by atoms with Crippen molar-refractivity contribution in [3.63, 3.8) is 0 Å². The van der Waals surface area contributed by atoms with Crippen molar-refractivity contribution in [2.24, 2.45) is 5.92 Å². The molecule has 0 aromatic heterocycles. The van der Waals surface area contributed by atoms with Crippen molar-refractivity contribution in [1.29, 1.82) is 0 Å². The quantitative estimate of drug-likeness (QED) is 0.350. The molecule has 3 aromatic rings. The minimum Gasteiger partial charge on any atom is -0.490 e. The molecule has 1 amide bonds. The maximum Gasteiger partial charge on any atom is 0.236 e. The van der Waals surface area contributed by atoms with Crippen molar-refractivity contribution in [3.8, 4) is 11.5 Å². The van der Waals surface area contributed by atoms with Crippen LogP contribution in [0.1, 0.15) is 25.5 Å². The lowest BCUT2D eigenvalue weighted by molar-refractivity contribution is -0.130. The molecular formula is C26H23BrClN3O3S. The average molecular weight is 573 g/mol. The molecule has 2 aliphatic heterocycles. The number of nitrogens with zero attached hydrogens (tertiary/aromatic N) is 1. The summed E-state index contributed by atoms with van der Waals surface area (Å²) in [5.74, 6) is 0.375. The molecule has 9 heteroatoms. The molecule has 0 saturated carbocycles. The van der Waals surface area contributed by atoms with Gasteiger partial charge in [0.25, 0.3) is 0 Å². The summed E-state index contributed by atoms with van der Waals surface area (Å²) in [5, 5.41) is 7.52. The highest BCUT2D eigenvalue weighted by atomic mass is 79.9. The first-order valence-corrected chi connectivity index (χ1v) is 12.8. The van der Waals surface area contributed by atoms with Crippen LogP contribution in [0, 0.1) is 5.92 Å². The first kappa shape index (κ1) is 23.9. The molecule has 1 fully saturated rings. The van der Waals surface area contributed by atoms with Gasteiger partial charge in [0.05, 0.1) is 12.6 Å². The van der Waals surface area contributed by atoms with E-state index >= 15 is 0 Å². The number of rotatable bonds is 5. The fraction of sp³-hybridized carbons (Fsp3) is 0.231. The van der Waals surface area contributed by atoms with Crippen LogP contribution in [0.25, 0.3) is 0 Å². The van der Waals surface area contributed by atoms with E-state index in [-0.39, 0.29) is 5.91 Å². The summed E-state index contributed by atoms with van der Waals surface area (Å²) in [6.07, 6.45) is 0. The van der Waals surface area contributed by atoms with E-state index in [9.17, 15) is 4.79 Å². The molecule has 2 bridgehead atoms. The highest BCUT2D eigenvalue weighted by molar-refractivity contribution is 9.10. The molecule has 180 valence electrons. The zero-order valence-corrected chi connectivity index (χ0v) is 22.2. The van der Waals surface area contributed by atoms with Crippen LogP contribution in [0.2, 0.25) is 5.02 Å². The van der Waals surface area contributed by atoms with Gasteiger partial charge in [0.2, 0.25) is 5.91 Å². The van der Waals surface area contributed by atoms with Crippen LogP contribution in [-0.4, -0.2) is 23.4 Å². The van der Waals surface area contributed by atoms with Gasteiger partial charge in [-0.2, -0.15) is 0 Å². The van der Waals surface area contributed by atoms with Crippen LogP contribution in [0.15, 0.2) is 71.2 Å². The number of anilines is 2. The summed E-state index contributed by atoms with van der Waals surface area (Å²) in [6.45, 7) is 4.31. The summed E-state index contributed by atoms with van der Waals surface area (Å²) < 4.78 is 13.5. The number of hydrogen-bond acceptors (Lipinski definition) is 4. The molecule has 3 atom stereocenters. The number of para-hydroxylation sites is 1. The van der Waals surface area contributed by atoms with Crippen molar-refractivity contribution in [2.75, 3.05) is 16.8 Å². The van der Waals surface area contributed by atoms with E-state index in [1.54, 1.807) is 24.3 Å². The van der Waals surface area contributed by atoms with Crippen LogP contribution in [0.5, 0.6) is 11.5 Å². The summed E-state index contributed by atoms with van der Waals surface area (Å²) in [5.41, 5.74) is 1.13. The molecule has 0 aliphatic carbocycles. The highest BCUT2D eigenvalue weighted by Gasteiger charge is 2.59. The third kappa shape index (κ3) is 4.24. The summed E-state index contributed by atoms with van der Waals surface area (Å²) in [7, 11) is 0. The number of benzene rings is 3. The van der Waals surface area contributed by atoms with Gasteiger partial charge in [-0.15, -0.1) is 0 Å². The third-order valence-corrected chi connectivity index (χ3v) is 7.35. The van der Waals surface area contributed by atoms with E-state index < -0.39 is 17.7 Å². The van der Waals surface area contributed by atoms with E-state index in [4.69, 9.17) is 33.3 Å². The first-order chi connectivity index (χ1) is 16.8. The minimum absolute atomic E-state index is 0.204. The molecule has 2 heterocycles. The molecule has 0 radical (unpaired) electrons. The van der Waals surface area contributed by atoms with Gasteiger partial charge in [-0.1, -0.05) is 39.7 Å². The van der Waals surface area contributed by atoms with Crippen LogP contribution in [-0.2, 0) is 4.79 Å². The summed E-state index contributed by atoms with van der Waals surface area (Å²) >= 11 is 15.3. The first-order valence-electron chi connectivity index (χ1n) is 11.2. The van der Waals surface area contributed by atoms with E-state index in [0.29, 0.717) is 33.9 Å². The monoisotopic (exact) mass is 571 g/mol. The van der Waals surface area contributed by atoms with Crippen molar-refractivity contribution in [3.05, 3.63) is 81.8 Å². The number of carbonyl (C=O) groups is 1. The molecule has 3 aromatic carbocycles. The SMILES string of the molecule is CCOc1cccc2c1O[C@@]1(C)[C@H](C(=O)Nc3ccc(Cl)cc3)[C@H]2NC(=S)N1c1ccc(Br)cc1. The average Bonchev–Trinajstić information content (AvgIpc) is 2.82. The fourth-order valence-corrected chi connectivity index (χ4v) is 5.58. The van der Waals surface area contributed by atoms with E-state index in [1.807, 2.05) is 61.2 Å². The normalized spacial score (nSPS) is 22.5. The van der Waals surface area contributed by atoms with Gasteiger partial charge in [0, 0.05) is 26.4 Å². The largest absolute Gasteiger partial charge is 0.490 e. The van der Waals surface area contributed by atoms with Gasteiger partial charge < -0.3 is 20.1 Å². The molecule has 2 N–H and O–H groups in total. The van der Waals surface area contributed by atoms with E-state index in [0.717, 1.165) is 15.7 Å². The van der Waals surface area contributed by atoms with Gasteiger partial charge >= 0.3 is 0 Å². The van der Waals surface area contributed by atoms with Gasteiger partial charge in [0.15, 0.2) is 22.3 Å². The smallest absolute Gasteiger partial charge is 0.236 e. The van der Waals surface area contributed by atoms with Crippen LogP contribution in [0.3, 0.4) is 0 Å². The van der Waals surface area contributed by atoms with Crippen molar-refractivity contribution >= 4 is 62.1 Å². The number of ether oxygens (including phenoxy) is 2. The highest BCUT2D eigenvalue weighted by Crippen LogP contribution is 2.52. The fourth-order valence-electron chi connectivity index (χ4n) is 4.77. The second-order valence-corrected chi connectivity index (χ2v) is 10.2. The molecule has 0 spiro atoms. The topological polar surface area (TPSA) is 62.8 Å². The Bertz CT molecular complexity index is 1290. The predicted octanol–water partition coefficient (Wildman–Crippen LogP) is 6.30. The number of carbonyl (C=O) groups excluding carboxylic acids is 1. The second-order valence-electron chi connectivity index (χ2n) is 8.48. The van der Waals surface area contributed by atoms with Crippen LogP contribution in [0.4, 0.5) is 11.4 Å². The van der Waals surface area contributed by atoms with E-state index in [1.165, 1.54) is 0 Å². The van der Waals surface area contributed by atoms with Crippen LogP contribution < -0.4 is 25.0 Å². The molecule has 2 aliphatic rings. The Hall–Kier alpha value is -2.81. The molecule has 6 nitrogen and oxygen atoms in total.